The van der Waals surface area contributed by atoms with Crippen molar-refractivity contribution >= 4 is 22.9 Å². The first-order valence-electron chi connectivity index (χ1n) is 12.3. The molecule has 2 aliphatic rings. The normalized spacial score (nSPS) is 18.4. The highest BCUT2D eigenvalue weighted by atomic mass is 16.7. The van der Waals surface area contributed by atoms with Gasteiger partial charge in [0.25, 0.3) is 0 Å². The third-order valence-electron chi connectivity index (χ3n) is 7.29. The molecule has 0 amide bonds. The molecule has 4 rings (SSSR count). The van der Waals surface area contributed by atoms with E-state index >= 15 is 0 Å². The Morgan fingerprint density at radius 3 is 2.58 bits per heavy atom. The van der Waals surface area contributed by atoms with Crippen molar-refractivity contribution in [1.82, 2.24) is 9.88 Å². The number of aldehydes is 1. The highest BCUT2D eigenvalue weighted by molar-refractivity contribution is 5.91. The highest BCUT2D eigenvalue weighted by Crippen LogP contribution is 2.43. The lowest BCUT2D eigenvalue weighted by Crippen LogP contribution is -2.28. The molecule has 0 spiro atoms. The fourth-order valence-electron chi connectivity index (χ4n) is 4.83. The van der Waals surface area contributed by atoms with Gasteiger partial charge in [-0.3, -0.25) is 4.79 Å². The molecule has 2 aliphatic heterocycles. The van der Waals surface area contributed by atoms with Gasteiger partial charge in [0, 0.05) is 43.3 Å². The summed E-state index contributed by atoms with van der Waals surface area (Å²) in [4.78, 5) is 19.2. The maximum absolute atomic E-state index is 12.0. The van der Waals surface area contributed by atoms with Crippen molar-refractivity contribution < 1.29 is 24.1 Å². The van der Waals surface area contributed by atoms with Gasteiger partial charge in [0.2, 0.25) is 6.79 Å². The predicted molar refractivity (Wildman–Crippen MR) is 140 cm³/mol. The molecule has 0 saturated carbocycles. The zero-order valence-corrected chi connectivity index (χ0v) is 22.1. The van der Waals surface area contributed by atoms with E-state index in [0.29, 0.717) is 36.4 Å². The summed E-state index contributed by atoms with van der Waals surface area (Å²) in [5.74, 6) is 1.39. The van der Waals surface area contributed by atoms with E-state index in [-0.39, 0.29) is 18.8 Å². The van der Waals surface area contributed by atoms with E-state index in [1.165, 1.54) is 12.7 Å². The van der Waals surface area contributed by atoms with Crippen molar-refractivity contribution in [3.05, 3.63) is 46.2 Å². The van der Waals surface area contributed by atoms with Crippen LogP contribution in [0.15, 0.2) is 29.4 Å². The second-order valence-corrected chi connectivity index (χ2v) is 10.7. The molecule has 3 N–H and O–H groups in total. The number of benzene rings is 1. The third kappa shape index (κ3) is 4.73. The summed E-state index contributed by atoms with van der Waals surface area (Å²) in [5, 5.41) is 12.2. The van der Waals surface area contributed by atoms with Crippen LogP contribution in [0, 0.1) is 5.41 Å². The number of hydrogen-bond acceptors (Lipinski definition) is 8. The molecular weight excluding hydrogens is 458 g/mol. The van der Waals surface area contributed by atoms with Crippen LogP contribution in [0.1, 0.15) is 50.9 Å². The first-order chi connectivity index (χ1) is 17.0. The van der Waals surface area contributed by atoms with Gasteiger partial charge in [0.15, 0.2) is 11.5 Å². The van der Waals surface area contributed by atoms with E-state index in [1.54, 1.807) is 6.92 Å². The lowest BCUT2D eigenvalue weighted by Gasteiger charge is -2.26. The summed E-state index contributed by atoms with van der Waals surface area (Å²) in [5.41, 5.74) is 10.5. The summed E-state index contributed by atoms with van der Waals surface area (Å²) in [6.07, 6.45) is 3.86. The SMILES string of the molecule is CC[C@](C)(O)C(/C=C1/c2nc3cc4c(cc3c(CC(C)(C)CN)c2CN1C)OCO4)=C(/C=O)COC. The van der Waals surface area contributed by atoms with Crippen molar-refractivity contribution in [2.24, 2.45) is 11.1 Å². The number of nitrogens with two attached hydrogens (primary N) is 1. The Balaban J connectivity index is 1.99. The van der Waals surface area contributed by atoms with Crippen LogP contribution in [0.25, 0.3) is 16.6 Å². The van der Waals surface area contributed by atoms with E-state index in [4.69, 9.17) is 24.9 Å². The van der Waals surface area contributed by atoms with Crippen molar-refractivity contribution in [3.63, 3.8) is 0 Å². The van der Waals surface area contributed by atoms with Gasteiger partial charge in [-0.05, 0) is 55.0 Å². The average molecular weight is 496 g/mol. The van der Waals surface area contributed by atoms with Crippen LogP contribution in [0.4, 0.5) is 0 Å². The standard InChI is InChI=1S/C28H37N3O5/c1-7-28(4,33)21(17(13-32)14-34-6)9-23-26-20(12-31(23)5)19(11-27(2,3)15-29)18-8-24-25(36-16-35-24)10-22(18)30-26/h8-10,13,33H,7,11-12,14-16,29H2,1-6H3/b21-17-,23-9-/t28-/m0/s1. The Labute approximate surface area is 212 Å². The fraction of sp³-hybridized carbons (Fsp3) is 0.500. The lowest BCUT2D eigenvalue weighted by molar-refractivity contribution is -0.105. The Bertz CT molecular complexity index is 1250. The van der Waals surface area contributed by atoms with E-state index in [0.717, 1.165) is 46.3 Å². The molecule has 1 aromatic heterocycles. The van der Waals surface area contributed by atoms with Crippen LogP contribution in [0.5, 0.6) is 11.5 Å². The predicted octanol–water partition coefficient (Wildman–Crippen LogP) is 3.58. The Morgan fingerprint density at radius 1 is 1.28 bits per heavy atom. The number of carbonyl (C=O) groups is 1. The second kappa shape index (κ2) is 9.84. The average Bonchev–Trinajstić information content (AvgIpc) is 3.43. The third-order valence-corrected chi connectivity index (χ3v) is 7.29. The first-order valence-corrected chi connectivity index (χ1v) is 12.3. The molecule has 0 fully saturated rings. The zero-order valence-electron chi connectivity index (χ0n) is 22.1. The fourth-order valence-corrected chi connectivity index (χ4v) is 4.83. The summed E-state index contributed by atoms with van der Waals surface area (Å²) in [6, 6.07) is 3.94. The van der Waals surface area contributed by atoms with Crippen molar-refractivity contribution in [2.75, 3.05) is 34.1 Å². The number of hydrogen-bond donors (Lipinski definition) is 2. The topological polar surface area (TPSA) is 107 Å². The molecule has 0 aliphatic carbocycles. The summed E-state index contributed by atoms with van der Waals surface area (Å²) < 4.78 is 16.6. The minimum Gasteiger partial charge on any atom is -0.454 e. The molecule has 0 unspecified atom stereocenters. The Kier molecular flexibility index (Phi) is 7.14. The van der Waals surface area contributed by atoms with E-state index in [1.807, 2.05) is 32.2 Å². The Morgan fingerprint density at radius 2 is 1.97 bits per heavy atom. The van der Waals surface area contributed by atoms with Gasteiger partial charge >= 0.3 is 0 Å². The number of pyridine rings is 1. The Hall–Kier alpha value is -2.94. The molecule has 0 radical (unpaired) electrons. The largest absolute Gasteiger partial charge is 0.454 e. The maximum atomic E-state index is 12.0. The minimum atomic E-state index is -1.21. The highest BCUT2D eigenvalue weighted by Gasteiger charge is 2.33. The molecule has 2 aromatic rings. The van der Waals surface area contributed by atoms with Crippen molar-refractivity contribution in [3.8, 4) is 11.5 Å². The molecule has 1 atom stereocenters. The number of aromatic nitrogens is 1. The van der Waals surface area contributed by atoms with E-state index < -0.39 is 5.60 Å². The van der Waals surface area contributed by atoms with Crippen molar-refractivity contribution in [2.45, 2.75) is 52.7 Å². The molecule has 36 heavy (non-hydrogen) atoms. The lowest BCUT2D eigenvalue weighted by atomic mass is 9.82. The molecular formula is C28H37N3O5. The molecule has 8 nitrogen and oxygen atoms in total. The van der Waals surface area contributed by atoms with Crippen LogP contribution in [-0.2, 0) is 22.5 Å². The van der Waals surface area contributed by atoms with Crippen LogP contribution >= 0.6 is 0 Å². The van der Waals surface area contributed by atoms with Gasteiger partial charge in [0.05, 0.1) is 29.1 Å². The van der Waals surface area contributed by atoms with Crippen LogP contribution in [-0.4, -0.2) is 61.0 Å². The molecule has 0 saturated heterocycles. The molecule has 1 aromatic carbocycles. The van der Waals surface area contributed by atoms with Crippen molar-refractivity contribution in [1.29, 1.82) is 0 Å². The van der Waals surface area contributed by atoms with Crippen LogP contribution < -0.4 is 15.2 Å². The van der Waals surface area contributed by atoms with Gasteiger partial charge in [-0.1, -0.05) is 20.8 Å². The second-order valence-electron chi connectivity index (χ2n) is 10.7. The van der Waals surface area contributed by atoms with Gasteiger partial charge in [-0.25, -0.2) is 4.98 Å². The van der Waals surface area contributed by atoms with Gasteiger partial charge in [-0.2, -0.15) is 0 Å². The summed E-state index contributed by atoms with van der Waals surface area (Å²) in [7, 11) is 3.53. The van der Waals surface area contributed by atoms with E-state index in [9.17, 15) is 9.90 Å². The summed E-state index contributed by atoms with van der Waals surface area (Å²) >= 11 is 0. The monoisotopic (exact) mass is 495 g/mol. The van der Waals surface area contributed by atoms with Gasteiger partial charge in [-0.15, -0.1) is 0 Å². The maximum Gasteiger partial charge on any atom is 0.231 e. The first kappa shape index (κ1) is 26.1. The van der Waals surface area contributed by atoms with Gasteiger partial charge in [0.1, 0.15) is 6.29 Å². The molecule has 3 heterocycles. The number of fused-ring (bicyclic) bond motifs is 3. The number of aliphatic hydroxyl groups is 1. The molecule has 0 bridgehead atoms. The smallest absolute Gasteiger partial charge is 0.231 e. The molecule has 8 heteroatoms. The zero-order chi connectivity index (χ0) is 26.3. The van der Waals surface area contributed by atoms with Crippen LogP contribution in [0.3, 0.4) is 0 Å². The van der Waals surface area contributed by atoms with E-state index in [2.05, 4.69) is 18.7 Å². The quantitative estimate of drug-likeness (QED) is 0.402. The number of nitrogens with zero attached hydrogens (tertiary/aromatic N) is 2. The summed E-state index contributed by atoms with van der Waals surface area (Å²) in [6.45, 7) is 9.43. The number of ether oxygens (including phenoxy) is 3. The number of carbonyl (C=O) groups excluding carboxylic acids is 1. The number of methoxy groups -OCH3 is 1. The molecule has 194 valence electrons. The minimum absolute atomic E-state index is 0.111. The number of rotatable bonds is 9. The van der Waals surface area contributed by atoms with Crippen LogP contribution in [0.2, 0.25) is 0 Å². The van der Waals surface area contributed by atoms with Gasteiger partial charge < -0.3 is 30.0 Å².